The zero-order valence-electron chi connectivity index (χ0n) is 14.2. The minimum absolute atomic E-state index is 0.178. The Labute approximate surface area is 143 Å². The van der Waals surface area contributed by atoms with Crippen LogP contribution in [0.1, 0.15) is 37.7 Å². The van der Waals surface area contributed by atoms with E-state index >= 15 is 0 Å². The third kappa shape index (κ3) is 4.16. The lowest BCUT2D eigenvalue weighted by molar-refractivity contribution is -0.140. The Morgan fingerprint density at radius 3 is 2.54 bits per heavy atom. The molecular formula is C21H24O3. The van der Waals surface area contributed by atoms with Crippen molar-refractivity contribution in [3.05, 3.63) is 54.1 Å². The average Bonchev–Trinajstić information content (AvgIpc) is 3.14. The molecule has 3 rings (SSSR count). The molecule has 0 radical (unpaired) electrons. The van der Waals surface area contributed by atoms with Gasteiger partial charge in [-0.2, -0.15) is 0 Å². The van der Waals surface area contributed by atoms with Crippen molar-refractivity contribution in [3.63, 3.8) is 0 Å². The largest absolute Gasteiger partial charge is 0.490 e. The summed E-state index contributed by atoms with van der Waals surface area (Å²) in [5.74, 6) is 0.762. The maximum Gasteiger partial charge on any atom is 0.305 e. The molecule has 0 aromatic heterocycles. The molecule has 0 saturated heterocycles. The van der Waals surface area contributed by atoms with E-state index in [2.05, 4.69) is 24.3 Å². The fourth-order valence-corrected chi connectivity index (χ4v) is 3.21. The van der Waals surface area contributed by atoms with Crippen molar-refractivity contribution in [1.82, 2.24) is 0 Å². The number of benzene rings is 2. The molecule has 1 aliphatic rings. The van der Waals surface area contributed by atoms with Gasteiger partial charge >= 0.3 is 5.97 Å². The van der Waals surface area contributed by atoms with Crippen LogP contribution in [0.25, 0.3) is 11.1 Å². The van der Waals surface area contributed by atoms with Gasteiger partial charge in [0.1, 0.15) is 5.75 Å². The standard InChI is InChI=1S/C21H24O3/c1-23-21(22)14-12-16-11-13-20(24-18-9-5-6-10-18)19(15-16)17-7-3-2-4-8-17/h2-4,7-8,11,13,15,18H,5-6,9-10,12,14H2,1H3. The molecule has 0 atom stereocenters. The highest BCUT2D eigenvalue weighted by Gasteiger charge is 2.18. The number of hydrogen-bond donors (Lipinski definition) is 0. The van der Waals surface area contributed by atoms with E-state index in [1.807, 2.05) is 24.3 Å². The van der Waals surface area contributed by atoms with E-state index in [-0.39, 0.29) is 5.97 Å². The molecule has 0 heterocycles. The molecule has 0 amide bonds. The van der Waals surface area contributed by atoms with Crippen molar-refractivity contribution in [2.45, 2.75) is 44.6 Å². The van der Waals surface area contributed by atoms with E-state index in [0.29, 0.717) is 18.9 Å². The molecule has 1 fully saturated rings. The molecule has 0 bridgehead atoms. The normalized spacial score (nSPS) is 14.5. The Hall–Kier alpha value is -2.29. The predicted octanol–water partition coefficient (Wildman–Crippen LogP) is 4.78. The van der Waals surface area contributed by atoms with E-state index in [1.54, 1.807) is 0 Å². The second-order valence-corrected chi connectivity index (χ2v) is 6.30. The Balaban J connectivity index is 1.85. The number of carbonyl (C=O) groups is 1. The van der Waals surface area contributed by atoms with Gasteiger partial charge in [-0.15, -0.1) is 0 Å². The van der Waals surface area contributed by atoms with Gasteiger partial charge in [0.2, 0.25) is 0 Å². The van der Waals surface area contributed by atoms with Gasteiger partial charge < -0.3 is 9.47 Å². The molecule has 2 aromatic rings. The maximum atomic E-state index is 11.4. The first-order valence-electron chi connectivity index (χ1n) is 8.68. The Kier molecular flexibility index (Phi) is 5.52. The molecule has 2 aromatic carbocycles. The van der Waals surface area contributed by atoms with Crippen molar-refractivity contribution >= 4 is 5.97 Å². The van der Waals surface area contributed by atoms with Crippen LogP contribution in [0.15, 0.2) is 48.5 Å². The summed E-state index contributed by atoms with van der Waals surface area (Å²) in [7, 11) is 1.43. The number of carbonyl (C=O) groups excluding carboxylic acids is 1. The summed E-state index contributed by atoms with van der Waals surface area (Å²) in [5, 5.41) is 0. The van der Waals surface area contributed by atoms with Crippen LogP contribution in [-0.2, 0) is 16.0 Å². The number of hydrogen-bond acceptors (Lipinski definition) is 3. The minimum atomic E-state index is -0.178. The van der Waals surface area contributed by atoms with Crippen molar-refractivity contribution in [3.8, 4) is 16.9 Å². The van der Waals surface area contributed by atoms with Gasteiger partial charge in [0, 0.05) is 12.0 Å². The van der Waals surface area contributed by atoms with Crippen molar-refractivity contribution in [2.75, 3.05) is 7.11 Å². The van der Waals surface area contributed by atoms with E-state index in [4.69, 9.17) is 9.47 Å². The monoisotopic (exact) mass is 324 g/mol. The lowest BCUT2D eigenvalue weighted by atomic mass is 9.99. The highest BCUT2D eigenvalue weighted by atomic mass is 16.5. The summed E-state index contributed by atoms with van der Waals surface area (Å²) in [6.07, 6.45) is 6.18. The molecular weight excluding hydrogens is 300 g/mol. The lowest BCUT2D eigenvalue weighted by Crippen LogP contribution is -2.11. The highest BCUT2D eigenvalue weighted by molar-refractivity contribution is 5.72. The van der Waals surface area contributed by atoms with Crippen LogP contribution in [0.5, 0.6) is 5.75 Å². The number of ether oxygens (including phenoxy) is 2. The molecule has 0 unspecified atom stereocenters. The van der Waals surface area contributed by atoms with Crippen molar-refractivity contribution < 1.29 is 14.3 Å². The predicted molar refractivity (Wildman–Crippen MR) is 95.1 cm³/mol. The first kappa shape index (κ1) is 16.6. The van der Waals surface area contributed by atoms with Gasteiger partial charge in [-0.1, -0.05) is 36.4 Å². The molecule has 0 aliphatic heterocycles. The van der Waals surface area contributed by atoms with E-state index in [9.17, 15) is 4.79 Å². The van der Waals surface area contributed by atoms with Crippen LogP contribution in [0.2, 0.25) is 0 Å². The molecule has 1 aliphatic carbocycles. The van der Waals surface area contributed by atoms with E-state index in [0.717, 1.165) is 35.3 Å². The van der Waals surface area contributed by atoms with Crippen LogP contribution >= 0.6 is 0 Å². The van der Waals surface area contributed by atoms with Crippen LogP contribution in [0.3, 0.4) is 0 Å². The van der Waals surface area contributed by atoms with Gasteiger partial charge in [-0.05, 0) is 55.4 Å². The third-order valence-electron chi connectivity index (χ3n) is 4.57. The summed E-state index contributed by atoms with van der Waals surface area (Å²) in [5.41, 5.74) is 3.37. The fourth-order valence-electron chi connectivity index (χ4n) is 3.21. The Bertz CT molecular complexity index is 673. The molecule has 0 N–H and O–H groups in total. The quantitative estimate of drug-likeness (QED) is 0.717. The first-order chi connectivity index (χ1) is 11.8. The van der Waals surface area contributed by atoms with Crippen molar-refractivity contribution in [2.24, 2.45) is 0 Å². The number of esters is 1. The average molecular weight is 324 g/mol. The van der Waals surface area contributed by atoms with E-state index in [1.165, 1.54) is 20.0 Å². The summed E-state index contributed by atoms with van der Waals surface area (Å²) in [6, 6.07) is 16.5. The molecule has 1 saturated carbocycles. The van der Waals surface area contributed by atoms with Gasteiger partial charge in [-0.3, -0.25) is 4.79 Å². The zero-order chi connectivity index (χ0) is 16.8. The molecule has 3 nitrogen and oxygen atoms in total. The van der Waals surface area contributed by atoms with Gasteiger partial charge in [0.25, 0.3) is 0 Å². The summed E-state index contributed by atoms with van der Waals surface area (Å²) in [4.78, 5) is 11.4. The molecule has 126 valence electrons. The van der Waals surface area contributed by atoms with Gasteiger partial charge in [0.05, 0.1) is 13.2 Å². The van der Waals surface area contributed by atoms with Crippen LogP contribution in [-0.4, -0.2) is 19.2 Å². The van der Waals surface area contributed by atoms with Gasteiger partial charge in [-0.25, -0.2) is 0 Å². The number of methoxy groups -OCH3 is 1. The molecule has 24 heavy (non-hydrogen) atoms. The summed E-state index contributed by atoms with van der Waals surface area (Å²) < 4.78 is 11.0. The van der Waals surface area contributed by atoms with Crippen LogP contribution < -0.4 is 4.74 Å². The fraction of sp³-hybridized carbons (Fsp3) is 0.381. The third-order valence-corrected chi connectivity index (χ3v) is 4.57. The SMILES string of the molecule is COC(=O)CCc1ccc(OC2CCCC2)c(-c2ccccc2)c1. The highest BCUT2D eigenvalue weighted by Crippen LogP contribution is 2.34. The topological polar surface area (TPSA) is 35.5 Å². The second kappa shape index (κ2) is 8.00. The van der Waals surface area contributed by atoms with Gasteiger partial charge in [0.15, 0.2) is 0 Å². The first-order valence-corrected chi connectivity index (χ1v) is 8.68. The Morgan fingerprint density at radius 2 is 1.83 bits per heavy atom. The number of rotatable bonds is 6. The lowest BCUT2D eigenvalue weighted by Gasteiger charge is -2.18. The minimum Gasteiger partial charge on any atom is -0.490 e. The zero-order valence-corrected chi connectivity index (χ0v) is 14.2. The smallest absolute Gasteiger partial charge is 0.305 e. The maximum absolute atomic E-state index is 11.4. The van der Waals surface area contributed by atoms with Crippen molar-refractivity contribution in [1.29, 1.82) is 0 Å². The summed E-state index contributed by atoms with van der Waals surface area (Å²) in [6.45, 7) is 0. The number of aryl methyl sites for hydroxylation is 1. The van der Waals surface area contributed by atoms with E-state index < -0.39 is 0 Å². The molecule has 0 spiro atoms. The Morgan fingerprint density at radius 1 is 1.08 bits per heavy atom. The van der Waals surface area contributed by atoms with Crippen LogP contribution in [0.4, 0.5) is 0 Å². The summed E-state index contributed by atoms with van der Waals surface area (Å²) >= 11 is 0. The second-order valence-electron chi connectivity index (χ2n) is 6.30. The molecule has 3 heteroatoms. The van der Waals surface area contributed by atoms with Crippen LogP contribution in [0, 0.1) is 0 Å².